The normalized spacial score (nSPS) is 16.5. The summed E-state index contributed by atoms with van der Waals surface area (Å²) in [5.41, 5.74) is 5.89. The Morgan fingerprint density at radius 1 is 0.833 bits per heavy atom. The maximum atomic E-state index is 13.0. The van der Waals surface area contributed by atoms with Crippen molar-refractivity contribution in [3.63, 3.8) is 0 Å². The molecule has 0 aliphatic carbocycles. The molecule has 2 aliphatic rings. The molecule has 0 atom stereocenters. The van der Waals surface area contributed by atoms with Crippen LogP contribution in [0.15, 0.2) is 72.8 Å². The van der Waals surface area contributed by atoms with Gasteiger partial charge in [0.2, 0.25) is 5.91 Å². The predicted molar refractivity (Wildman–Crippen MR) is 144 cm³/mol. The number of fused-ring (bicyclic) bond motifs is 1. The van der Waals surface area contributed by atoms with E-state index in [1.807, 2.05) is 29.2 Å². The Labute approximate surface area is 218 Å². The molecule has 4 nitrogen and oxygen atoms in total. The van der Waals surface area contributed by atoms with E-state index in [1.54, 1.807) is 0 Å². The standard InChI is InChI=1S/C31H33ClN2O2/c32-29-10-8-24(9-11-29)26-15-18-34(19-16-26)31(36)13-12-30(35)27-7-6-25-14-17-33(22-28(25)20-27)21-23-4-2-1-3-5-23/h1-11,20,26H,12-19,21-22H2. The summed E-state index contributed by atoms with van der Waals surface area (Å²) >= 11 is 6.01. The van der Waals surface area contributed by atoms with Crippen molar-refractivity contribution in [3.05, 3.63) is 106 Å². The van der Waals surface area contributed by atoms with E-state index >= 15 is 0 Å². The summed E-state index contributed by atoms with van der Waals surface area (Å²) in [6.45, 7) is 4.29. The lowest BCUT2D eigenvalue weighted by atomic mass is 9.89. The van der Waals surface area contributed by atoms with Gasteiger partial charge in [0.25, 0.3) is 0 Å². The molecule has 1 amide bonds. The van der Waals surface area contributed by atoms with Gasteiger partial charge in [0, 0.05) is 56.2 Å². The minimum Gasteiger partial charge on any atom is -0.343 e. The fraction of sp³-hybridized carbons (Fsp3) is 0.355. The Bertz CT molecular complexity index is 1200. The lowest BCUT2D eigenvalue weighted by Crippen LogP contribution is -2.38. The van der Waals surface area contributed by atoms with E-state index in [4.69, 9.17) is 11.6 Å². The smallest absolute Gasteiger partial charge is 0.223 e. The number of amides is 1. The second-order valence-electron chi connectivity index (χ2n) is 10.1. The van der Waals surface area contributed by atoms with Gasteiger partial charge in [0.05, 0.1) is 0 Å². The Kier molecular flexibility index (Phi) is 7.84. The number of rotatable bonds is 7. The van der Waals surface area contributed by atoms with Crippen LogP contribution >= 0.6 is 11.6 Å². The van der Waals surface area contributed by atoms with Gasteiger partial charge in [-0.1, -0.05) is 66.2 Å². The van der Waals surface area contributed by atoms with Crippen LogP contribution in [0, 0.1) is 0 Å². The Balaban J connectivity index is 1.12. The number of Topliss-reactive ketones (excluding diaryl/α,β-unsaturated/α-hetero) is 1. The number of halogens is 1. The van der Waals surface area contributed by atoms with E-state index in [0.717, 1.165) is 62.6 Å². The van der Waals surface area contributed by atoms with Crippen molar-refractivity contribution < 1.29 is 9.59 Å². The highest BCUT2D eigenvalue weighted by Gasteiger charge is 2.24. The minimum atomic E-state index is 0.0578. The van der Waals surface area contributed by atoms with Gasteiger partial charge in [-0.05, 0) is 65.6 Å². The first-order chi connectivity index (χ1) is 17.5. The fourth-order valence-corrected chi connectivity index (χ4v) is 5.61. The first kappa shape index (κ1) is 24.7. The highest BCUT2D eigenvalue weighted by molar-refractivity contribution is 6.30. The van der Waals surface area contributed by atoms with Crippen LogP contribution in [0.2, 0.25) is 5.02 Å². The molecule has 1 saturated heterocycles. The molecule has 0 spiro atoms. The minimum absolute atomic E-state index is 0.0578. The van der Waals surface area contributed by atoms with E-state index < -0.39 is 0 Å². The molecular weight excluding hydrogens is 468 g/mol. The van der Waals surface area contributed by atoms with Crippen molar-refractivity contribution in [2.24, 2.45) is 0 Å². The summed E-state index contributed by atoms with van der Waals surface area (Å²) in [5.74, 6) is 0.609. The molecule has 36 heavy (non-hydrogen) atoms. The number of nitrogens with zero attached hydrogens (tertiary/aromatic N) is 2. The van der Waals surface area contributed by atoms with Gasteiger partial charge in [0.1, 0.15) is 0 Å². The quantitative estimate of drug-likeness (QED) is 0.359. The number of benzene rings is 3. The van der Waals surface area contributed by atoms with Crippen LogP contribution in [0.4, 0.5) is 0 Å². The molecule has 0 bridgehead atoms. The molecule has 0 N–H and O–H groups in total. The zero-order valence-electron chi connectivity index (χ0n) is 20.7. The number of carbonyl (C=O) groups is 2. The van der Waals surface area contributed by atoms with Gasteiger partial charge in [0.15, 0.2) is 5.78 Å². The molecule has 0 saturated carbocycles. The first-order valence-electron chi connectivity index (χ1n) is 13.0. The second kappa shape index (κ2) is 11.4. The third-order valence-corrected chi connectivity index (χ3v) is 7.88. The Morgan fingerprint density at radius 2 is 1.58 bits per heavy atom. The molecule has 0 radical (unpaired) electrons. The third kappa shape index (κ3) is 6.05. The highest BCUT2D eigenvalue weighted by atomic mass is 35.5. The van der Waals surface area contributed by atoms with Crippen molar-refractivity contribution in [1.29, 1.82) is 0 Å². The fourth-order valence-electron chi connectivity index (χ4n) is 5.49. The molecule has 1 fully saturated rings. The summed E-state index contributed by atoms with van der Waals surface area (Å²) < 4.78 is 0. The summed E-state index contributed by atoms with van der Waals surface area (Å²) in [7, 11) is 0. The van der Waals surface area contributed by atoms with Gasteiger partial charge in [-0.2, -0.15) is 0 Å². The van der Waals surface area contributed by atoms with Crippen molar-refractivity contribution in [1.82, 2.24) is 9.80 Å². The molecule has 5 heteroatoms. The van der Waals surface area contributed by atoms with Crippen molar-refractivity contribution >= 4 is 23.3 Å². The van der Waals surface area contributed by atoms with Crippen molar-refractivity contribution in [3.8, 4) is 0 Å². The summed E-state index contributed by atoms with van der Waals surface area (Å²) in [5, 5.41) is 0.750. The van der Waals surface area contributed by atoms with E-state index in [2.05, 4.69) is 53.4 Å². The van der Waals surface area contributed by atoms with E-state index in [1.165, 1.54) is 22.3 Å². The predicted octanol–water partition coefficient (Wildman–Crippen LogP) is 6.27. The lowest BCUT2D eigenvalue weighted by molar-refractivity contribution is -0.132. The molecule has 0 unspecified atom stereocenters. The topological polar surface area (TPSA) is 40.6 Å². The van der Waals surface area contributed by atoms with Gasteiger partial charge in [-0.15, -0.1) is 0 Å². The van der Waals surface area contributed by atoms with Crippen molar-refractivity contribution in [2.45, 2.75) is 51.1 Å². The Hall–Kier alpha value is -2.95. The molecule has 2 aliphatic heterocycles. The number of likely N-dealkylation sites (tertiary alicyclic amines) is 1. The second-order valence-corrected chi connectivity index (χ2v) is 10.5. The number of ketones is 1. The van der Waals surface area contributed by atoms with E-state index in [9.17, 15) is 9.59 Å². The molecule has 0 aromatic heterocycles. The monoisotopic (exact) mass is 500 g/mol. The molecule has 2 heterocycles. The van der Waals surface area contributed by atoms with Gasteiger partial charge < -0.3 is 4.90 Å². The summed E-state index contributed by atoms with van der Waals surface area (Å²) in [4.78, 5) is 30.1. The van der Waals surface area contributed by atoms with Crippen LogP contribution in [-0.4, -0.2) is 41.1 Å². The van der Waals surface area contributed by atoms with Crippen LogP contribution in [0.5, 0.6) is 0 Å². The average Bonchev–Trinajstić information content (AvgIpc) is 2.92. The van der Waals surface area contributed by atoms with Gasteiger partial charge in [-0.25, -0.2) is 0 Å². The van der Waals surface area contributed by atoms with Crippen LogP contribution in [0.3, 0.4) is 0 Å². The molecule has 5 rings (SSSR count). The SMILES string of the molecule is O=C(CCC(=O)N1CCC(c2ccc(Cl)cc2)CC1)c1ccc2c(c1)CN(Cc1ccccc1)CC2. The summed E-state index contributed by atoms with van der Waals surface area (Å²) in [6, 6.07) is 24.6. The first-order valence-corrected chi connectivity index (χ1v) is 13.4. The van der Waals surface area contributed by atoms with E-state index in [-0.39, 0.29) is 24.5 Å². The van der Waals surface area contributed by atoms with Crippen LogP contribution in [0.1, 0.15) is 64.2 Å². The number of hydrogen-bond donors (Lipinski definition) is 0. The molecular formula is C31H33ClN2O2. The van der Waals surface area contributed by atoms with Crippen molar-refractivity contribution in [2.75, 3.05) is 19.6 Å². The molecule has 3 aromatic rings. The van der Waals surface area contributed by atoms with Gasteiger partial charge in [-0.3, -0.25) is 14.5 Å². The van der Waals surface area contributed by atoms with Gasteiger partial charge >= 0.3 is 0 Å². The zero-order chi connectivity index (χ0) is 24.9. The maximum Gasteiger partial charge on any atom is 0.223 e. The highest BCUT2D eigenvalue weighted by Crippen LogP contribution is 2.29. The lowest BCUT2D eigenvalue weighted by Gasteiger charge is -2.32. The number of carbonyl (C=O) groups excluding carboxylic acids is 2. The summed E-state index contributed by atoms with van der Waals surface area (Å²) in [6.07, 6.45) is 3.45. The van der Waals surface area contributed by atoms with Crippen LogP contribution in [-0.2, 0) is 24.3 Å². The number of piperidine rings is 1. The largest absolute Gasteiger partial charge is 0.343 e. The zero-order valence-corrected chi connectivity index (χ0v) is 21.4. The number of hydrogen-bond acceptors (Lipinski definition) is 3. The molecule has 3 aromatic carbocycles. The third-order valence-electron chi connectivity index (χ3n) is 7.62. The average molecular weight is 501 g/mol. The van der Waals surface area contributed by atoms with E-state index in [0.29, 0.717) is 5.92 Å². The Morgan fingerprint density at radius 3 is 2.33 bits per heavy atom. The van der Waals surface area contributed by atoms with Crippen LogP contribution < -0.4 is 0 Å². The molecule has 186 valence electrons. The maximum absolute atomic E-state index is 13.0. The van der Waals surface area contributed by atoms with Crippen LogP contribution in [0.25, 0.3) is 0 Å².